The summed E-state index contributed by atoms with van der Waals surface area (Å²) < 4.78 is 5.77. The van der Waals surface area contributed by atoms with Crippen LogP contribution >= 0.6 is 24.0 Å². The zero-order valence-electron chi connectivity index (χ0n) is 17.8. The van der Waals surface area contributed by atoms with Crippen molar-refractivity contribution >= 4 is 35.8 Å². The van der Waals surface area contributed by atoms with Gasteiger partial charge in [-0.15, -0.1) is 24.0 Å². The Morgan fingerprint density at radius 3 is 2.33 bits per heavy atom. The van der Waals surface area contributed by atoms with E-state index in [4.69, 9.17) is 4.74 Å². The number of carbonyl (C=O) groups excluding carboxylic acids is 1. The van der Waals surface area contributed by atoms with Gasteiger partial charge in [0.2, 0.25) is 5.91 Å². The predicted molar refractivity (Wildman–Crippen MR) is 123 cm³/mol. The molecule has 1 amide bonds. The van der Waals surface area contributed by atoms with E-state index in [1.54, 1.807) is 0 Å². The summed E-state index contributed by atoms with van der Waals surface area (Å²) in [5.74, 6) is 0.984. The second-order valence-corrected chi connectivity index (χ2v) is 6.87. The summed E-state index contributed by atoms with van der Waals surface area (Å²) in [6.07, 6.45) is 2.14. The number of guanidine groups is 1. The lowest BCUT2D eigenvalue weighted by molar-refractivity contribution is -0.130. The van der Waals surface area contributed by atoms with Crippen LogP contribution in [-0.2, 0) is 9.53 Å². The highest BCUT2D eigenvalue weighted by Crippen LogP contribution is 2.10. The number of carbonyl (C=O) groups is 1. The Hall–Kier alpha value is -0.610. The summed E-state index contributed by atoms with van der Waals surface area (Å²) in [7, 11) is 0. The first-order chi connectivity index (χ1) is 12.5. The maximum absolute atomic E-state index is 12.0. The summed E-state index contributed by atoms with van der Waals surface area (Å²) in [5.41, 5.74) is 0. The van der Waals surface area contributed by atoms with Crippen molar-refractivity contribution in [2.24, 2.45) is 4.99 Å². The third-order valence-electron chi connectivity index (χ3n) is 4.49. The smallest absolute Gasteiger partial charge is 0.224 e. The van der Waals surface area contributed by atoms with Crippen LogP contribution < -0.4 is 10.6 Å². The Bertz CT molecular complexity index is 422. The molecule has 27 heavy (non-hydrogen) atoms. The highest BCUT2D eigenvalue weighted by molar-refractivity contribution is 14.0. The average Bonchev–Trinajstić information content (AvgIpc) is 2.59. The molecule has 1 aliphatic heterocycles. The summed E-state index contributed by atoms with van der Waals surface area (Å²) >= 11 is 0. The van der Waals surface area contributed by atoms with E-state index < -0.39 is 0 Å². The molecular formula is C19H40IN5O2. The van der Waals surface area contributed by atoms with Crippen LogP contribution in [0.5, 0.6) is 0 Å². The fourth-order valence-electron chi connectivity index (χ4n) is 3.32. The van der Waals surface area contributed by atoms with Gasteiger partial charge in [-0.2, -0.15) is 0 Å². The van der Waals surface area contributed by atoms with Gasteiger partial charge >= 0.3 is 0 Å². The van der Waals surface area contributed by atoms with Crippen molar-refractivity contribution in [3.8, 4) is 0 Å². The molecule has 1 aliphatic rings. The fraction of sp³-hybridized carbons (Fsp3) is 0.895. The van der Waals surface area contributed by atoms with E-state index in [2.05, 4.69) is 41.3 Å². The van der Waals surface area contributed by atoms with Crippen LogP contribution in [0.1, 0.15) is 47.5 Å². The number of halogens is 1. The Balaban J connectivity index is 0.00000676. The number of ether oxygens (including phenoxy) is 1. The molecule has 160 valence electrons. The lowest BCUT2D eigenvalue weighted by Gasteiger charge is -2.35. The Morgan fingerprint density at radius 1 is 1.15 bits per heavy atom. The van der Waals surface area contributed by atoms with Gasteiger partial charge in [0.05, 0.1) is 12.2 Å². The van der Waals surface area contributed by atoms with Crippen LogP contribution in [0, 0.1) is 0 Å². The number of morpholine rings is 1. The van der Waals surface area contributed by atoms with Gasteiger partial charge in [0.15, 0.2) is 5.96 Å². The zero-order chi connectivity index (χ0) is 19.4. The van der Waals surface area contributed by atoms with Crippen LogP contribution in [0.25, 0.3) is 0 Å². The number of aliphatic imine (C=N–C) groups is 1. The van der Waals surface area contributed by atoms with Crippen molar-refractivity contribution in [2.75, 3.05) is 52.4 Å². The van der Waals surface area contributed by atoms with Crippen LogP contribution in [0.15, 0.2) is 4.99 Å². The molecule has 1 rings (SSSR count). The molecule has 0 aromatic rings. The standard InChI is InChI=1S/C19H39N5O2.HI/c1-6-20-19(22-12-10-18(25)24(7-2)8-3)21-11-9-13-23-14-16(4)26-17(5)15-23;/h16-17H,6-15H2,1-5H3,(H2,20,21,22);1H. The third kappa shape index (κ3) is 11.1. The van der Waals surface area contributed by atoms with Crippen molar-refractivity contribution in [1.82, 2.24) is 20.4 Å². The highest BCUT2D eigenvalue weighted by atomic mass is 127. The SMILES string of the molecule is CCNC(=NCCCN1CC(C)OC(C)C1)NCCC(=O)N(CC)CC.I. The average molecular weight is 497 g/mol. The van der Waals surface area contributed by atoms with Gasteiger partial charge in [0.25, 0.3) is 0 Å². The summed E-state index contributed by atoms with van der Waals surface area (Å²) in [5, 5.41) is 6.51. The van der Waals surface area contributed by atoms with Gasteiger partial charge in [-0.3, -0.25) is 14.7 Å². The van der Waals surface area contributed by atoms with Crippen LogP contribution in [0.3, 0.4) is 0 Å². The summed E-state index contributed by atoms with van der Waals surface area (Å²) in [6.45, 7) is 17.1. The van der Waals surface area contributed by atoms with E-state index in [0.717, 1.165) is 58.2 Å². The van der Waals surface area contributed by atoms with E-state index in [1.165, 1.54) is 0 Å². The largest absolute Gasteiger partial charge is 0.373 e. The first-order valence-corrected chi connectivity index (χ1v) is 10.2. The number of rotatable bonds is 10. The summed E-state index contributed by atoms with van der Waals surface area (Å²) in [4.78, 5) is 21.0. The van der Waals surface area contributed by atoms with E-state index in [-0.39, 0.29) is 29.9 Å². The van der Waals surface area contributed by atoms with Crippen LogP contribution in [0.2, 0.25) is 0 Å². The van der Waals surface area contributed by atoms with Crippen molar-refractivity contribution in [2.45, 2.75) is 59.7 Å². The van der Waals surface area contributed by atoms with Gasteiger partial charge in [-0.25, -0.2) is 0 Å². The molecular weight excluding hydrogens is 457 g/mol. The van der Waals surface area contributed by atoms with Crippen molar-refractivity contribution < 1.29 is 9.53 Å². The Morgan fingerprint density at radius 2 is 1.78 bits per heavy atom. The quantitative estimate of drug-likeness (QED) is 0.209. The topological polar surface area (TPSA) is 69.2 Å². The first-order valence-electron chi connectivity index (χ1n) is 10.2. The molecule has 0 spiro atoms. The molecule has 0 aromatic carbocycles. The molecule has 7 nitrogen and oxygen atoms in total. The van der Waals surface area contributed by atoms with Gasteiger partial charge < -0.3 is 20.3 Å². The van der Waals surface area contributed by atoms with E-state index in [1.807, 2.05) is 18.7 Å². The fourth-order valence-corrected chi connectivity index (χ4v) is 3.32. The molecule has 1 saturated heterocycles. The molecule has 0 aromatic heterocycles. The second-order valence-electron chi connectivity index (χ2n) is 6.87. The Labute approximate surface area is 182 Å². The van der Waals surface area contributed by atoms with Gasteiger partial charge in [-0.1, -0.05) is 0 Å². The van der Waals surface area contributed by atoms with Gasteiger partial charge in [0, 0.05) is 58.8 Å². The highest BCUT2D eigenvalue weighted by Gasteiger charge is 2.21. The maximum Gasteiger partial charge on any atom is 0.224 e. The predicted octanol–water partition coefficient (Wildman–Crippen LogP) is 1.92. The van der Waals surface area contributed by atoms with Crippen LogP contribution in [0.4, 0.5) is 0 Å². The minimum atomic E-state index is 0. The van der Waals surface area contributed by atoms with E-state index in [0.29, 0.717) is 25.2 Å². The molecule has 0 saturated carbocycles. The summed E-state index contributed by atoms with van der Waals surface area (Å²) in [6, 6.07) is 0. The van der Waals surface area contributed by atoms with Crippen molar-refractivity contribution in [1.29, 1.82) is 0 Å². The van der Waals surface area contributed by atoms with Crippen molar-refractivity contribution in [3.05, 3.63) is 0 Å². The minimum Gasteiger partial charge on any atom is -0.373 e. The second kappa shape index (κ2) is 15.3. The first kappa shape index (κ1) is 26.4. The minimum absolute atomic E-state index is 0. The van der Waals surface area contributed by atoms with E-state index in [9.17, 15) is 4.79 Å². The number of hydrogen-bond acceptors (Lipinski definition) is 4. The van der Waals surface area contributed by atoms with Crippen LogP contribution in [-0.4, -0.2) is 86.2 Å². The molecule has 2 N–H and O–H groups in total. The van der Waals surface area contributed by atoms with Crippen molar-refractivity contribution in [3.63, 3.8) is 0 Å². The Kier molecular flexibility index (Phi) is 15.0. The molecule has 0 aliphatic carbocycles. The van der Waals surface area contributed by atoms with Gasteiger partial charge in [0.1, 0.15) is 0 Å². The van der Waals surface area contributed by atoms with Gasteiger partial charge in [-0.05, 0) is 41.0 Å². The zero-order valence-corrected chi connectivity index (χ0v) is 20.1. The number of amides is 1. The molecule has 8 heteroatoms. The number of hydrogen-bond donors (Lipinski definition) is 2. The third-order valence-corrected chi connectivity index (χ3v) is 4.49. The molecule has 1 heterocycles. The molecule has 2 atom stereocenters. The lowest BCUT2D eigenvalue weighted by atomic mass is 10.2. The molecule has 0 radical (unpaired) electrons. The molecule has 0 bridgehead atoms. The normalized spacial score (nSPS) is 20.7. The van der Waals surface area contributed by atoms with E-state index >= 15 is 0 Å². The number of nitrogens with zero attached hydrogens (tertiary/aromatic N) is 3. The number of nitrogens with one attached hydrogen (secondary N) is 2. The maximum atomic E-state index is 12.0. The monoisotopic (exact) mass is 497 g/mol. The molecule has 1 fully saturated rings. The lowest BCUT2D eigenvalue weighted by Crippen LogP contribution is -2.45. The molecule has 2 unspecified atom stereocenters.